The average Bonchev–Trinajstić information content (AvgIpc) is 3.39. The van der Waals surface area contributed by atoms with Gasteiger partial charge in [-0.3, -0.25) is 4.79 Å². The molecule has 1 heterocycles. The summed E-state index contributed by atoms with van der Waals surface area (Å²) in [6.07, 6.45) is 4.43. The minimum absolute atomic E-state index is 0.634. The van der Waals surface area contributed by atoms with Gasteiger partial charge in [0.05, 0.1) is 26.5 Å². The van der Waals surface area contributed by atoms with Crippen LogP contribution in [0.5, 0.6) is 17.2 Å². The number of methoxy groups -OCH3 is 2. The second-order valence-corrected chi connectivity index (χ2v) is 8.70. The third-order valence-corrected chi connectivity index (χ3v) is 6.26. The summed E-state index contributed by atoms with van der Waals surface area (Å²) in [5.41, 5.74) is 5.05. The first kappa shape index (κ1) is 23.6. The lowest BCUT2D eigenvalue weighted by molar-refractivity contribution is -0.134. The van der Waals surface area contributed by atoms with Gasteiger partial charge >= 0.3 is 0 Å². The molecule has 0 spiro atoms. The molecule has 0 fully saturated rings. The molecule has 3 aromatic rings. The molecule has 0 atom stereocenters. The number of carbonyl (C=O) groups is 1. The highest BCUT2D eigenvalue weighted by molar-refractivity contribution is 7.15. The summed E-state index contributed by atoms with van der Waals surface area (Å²) in [5.74, 6) is 1.57. The summed E-state index contributed by atoms with van der Waals surface area (Å²) in [7, 11) is 3.29. The minimum atomic E-state index is -0.833. The van der Waals surface area contributed by atoms with Gasteiger partial charge in [-0.05, 0) is 67.6 Å². The third kappa shape index (κ3) is 6.01. The van der Waals surface area contributed by atoms with Crippen molar-refractivity contribution in [3.8, 4) is 27.8 Å². The Balaban J connectivity index is 0.000000668. The van der Waals surface area contributed by atoms with Crippen LogP contribution in [0.25, 0.3) is 10.6 Å². The SMILES string of the molecule is CC(=O)O.COc1ccc(-c2nc(CCOc3ccc4c(c3)CCC4)c(C)s2)cc1OC. The fourth-order valence-electron chi connectivity index (χ4n) is 3.66. The molecule has 0 amide bonds. The summed E-state index contributed by atoms with van der Waals surface area (Å²) >= 11 is 1.70. The Morgan fingerprint density at radius 2 is 1.78 bits per heavy atom. The molecule has 6 nitrogen and oxygen atoms in total. The van der Waals surface area contributed by atoms with Crippen LogP contribution in [0.3, 0.4) is 0 Å². The summed E-state index contributed by atoms with van der Waals surface area (Å²) in [6.45, 7) is 3.83. The van der Waals surface area contributed by atoms with Gasteiger partial charge in [-0.15, -0.1) is 11.3 Å². The van der Waals surface area contributed by atoms with E-state index >= 15 is 0 Å². The number of fused-ring (bicyclic) bond motifs is 1. The topological polar surface area (TPSA) is 77.9 Å². The number of thiazole rings is 1. The number of carboxylic acid groups (broad SMARTS) is 1. The van der Waals surface area contributed by atoms with E-state index in [-0.39, 0.29) is 0 Å². The van der Waals surface area contributed by atoms with Crippen LogP contribution in [0.15, 0.2) is 36.4 Å². The molecule has 1 aliphatic carbocycles. The second-order valence-electron chi connectivity index (χ2n) is 7.49. The van der Waals surface area contributed by atoms with Crippen molar-refractivity contribution in [1.29, 1.82) is 0 Å². The zero-order chi connectivity index (χ0) is 23.1. The van der Waals surface area contributed by atoms with Crippen LogP contribution in [0.2, 0.25) is 0 Å². The van der Waals surface area contributed by atoms with Crippen molar-refractivity contribution in [3.63, 3.8) is 0 Å². The van der Waals surface area contributed by atoms with E-state index in [0.29, 0.717) is 12.4 Å². The Bertz CT molecular complexity index is 1070. The van der Waals surface area contributed by atoms with Gasteiger partial charge in [0.2, 0.25) is 0 Å². The lowest BCUT2D eigenvalue weighted by atomic mass is 10.1. The van der Waals surface area contributed by atoms with Crippen molar-refractivity contribution in [1.82, 2.24) is 4.98 Å². The molecule has 0 saturated heterocycles. The van der Waals surface area contributed by atoms with E-state index in [1.54, 1.807) is 25.6 Å². The maximum absolute atomic E-state index is 9.00. The van der Waals surface area contributed by atoms with E-state index in [0.717, 1.165) is 41.1 Å². The molecule has 1 aromatic heterocycles. The molecular weight excluding hydrogens is 426 g/mol. The Kier molecular flexibility index (Phi) is 8.11. The first-order chi connectivity index (χ1) is 15.4. The summed E-state index contributed by atoms with van der Waals surface area (Å²) in [4.78, 5) is 15.1. The number of nitrogens with zero attached hydrogens (tertiary/aromatic N) is 1. The number of rotatable bonds is 7. The van der Waals surface area contributed by atoms with Gasteiger partial charge in [0.1, 0.15) is 10.8 Å². The van der Waals surface area contributed by atoms with Gasteiger partial charge in [-0.25, -0.2) is 4.98 Å². The van der Waals surface area contributed by atoms with Crippen LogP contribution < -0.4 is 14.2 Å². The summed E-state index contributed by atoms with van der Waals surface area (Å²) in [6, 6.07) is 12.4. The largest absolute Gasteiger partial charge is 0.493 e. The molecule has 7 heteroatoms. The molecule has 4 rings (SSSR count). The molecule has 0 unspecified atom stereocenters. The fourth-order valence-corrected chi connectivity index (χ4v) is 4.61. The van der Waals surface area contributed by atoms with E-state index in [1.165, 1.54) is 35.3 Å². The monoisotopic (exact) mass is 455 g/mol. The average molecular weight is 456 g/mol. The van der Waals surface area contributed by atoms with E-state index in [1.807, 2.05) is 18.2 Å². The van der Waals surface area contributed by atoms with Crippen molar-refractivity contribution in [3.05, 3.63) is 58.1 Å². The number of aliphatic carboxylic acids is 1. The van der Waals surface area contributed by atoms with Crippen LogP contribution >= 0.6 is 11.3 Å². The number of hydrogen-bond donors (Lipinski definition) is 1. The molecule has 0 radical (unpaired) electrons. The number of carboxylic acids is 1. The Hall–Kier alpha value is -3.06. The van der Waals surface area contributed by atoms with Crippen LogP contribution in [-0.2, 0) is 24.1 Å². The first-order valence-electron chi connectivity index (χ1n) is 10.5. The Labute approximate surface area is 192 Å². The highest BCUT2D eigenvalue weighted by atomic mass is 32.1. The van der Waals surface area contributed by atoms with Gasteiger partial charge in [-0.2, -0.15) is 0 Å². The highest BCUT2D eigenvalue weighted by Crippen LogP contribution is 2.35. The predicted molar refractivity (Wildman–Crippen MR) is 126 cm³/mol. The quantitative estimate of drug-likeness (QED) is 0.518. The lowest BCUT2D eigenvalue weighted by Gasteiger charge is -2.08. The van der Waals surface area contributed by atoms with Crippen LogP contribution in [0.4, 0.5) is 0 Å². The van der Waals surface area contributed by atoms with Crippen molar-refractivity contribution < 1.29 is 24.1 Å². The maximum Gasteiger partial charge on any atom is 0.300 e. The van der Waals surface area contributed by atoms with Crippen molar-refractivity contribution in [2.45, 2.75) is 39.5 Å². The normalized spacial score (nSPS) is 11.9. The number of hydrogen-bond acceptors (Lipinski definition) is 6. The molecule has 0 saturated carbocycles. The van der Waals surface area contributed by atoms with Gasteiger partial charge in [0, 0.05) is 23.8 Å². The molecule has 0 aliphatic heterocycles. The van der Waals surface area contributed by atoms with E-state index in [4.69, 9.17) is 29.1 Å². The van der Waals surface area contributed by atoms with Gasteiger partial charge in [0.25, 0.3) is 5.97 Å². The summed E-state index contributed by atoms with van der Waals surface area (Å²) in [5, 5.41) is 8.41. The van der Waals surface area contributed by atoms with E-state index < -0.39 is 5.97 Å². The number of aromatic nitrogens is 1. The molecule has 0 bridgehead atoms. The van der Waals surface area contributed by atoms with Crippen molar-refractivity contribution in [2.75, 3.05) is 20.8 Å². The molecule has 32 heavy (non-hydrogen) atoms. The maximum atomic E-state index is 9.00. The molecular formula is C25H29NO5S. The van der Waals surface area contributed by atoms with Crippen LogP contribution in [-0.4, -0.2) is 36.9 Å². The third-order valence-electron chi connectivity index (χ3n) is 5.20. The highest BCUT2D eigenvalue weighted by Gasteiger charge is 2.14. The van der Waals surface area contributed by atoms with E-state index in [9.17, 15) is 0 Å². The molecule has 1 N–H and O–H groups in total. The number of benzene rings is 2. The molecule has 2 aromatic carbocycles. The molecule has 1 aliphatic rings. The fraction of sp³-hybridized carbons (Fsp3) is 0.360. The van der Waals surface area contributed by atoms with Gasteiger partial charge in [0.15, 0.2) is 11.5 Å². The van der Waals surface area contributed by atoms with Crippen molar-refractivity contribution in [2.24, 2.45) is 0 Å². The molecule has 170 valence electrons. The Morgan fingerprint density at radius 1 is 1.06 bits per heavy atom. The van der Waals surface area contributed by atoms with Crippen LogP contribution in [0.1, 0.15) is 35.0 Å². The number of ether oxygens (including phenoxy) is 3. The van der Waals surface area contributed by atoms with Crippen LogP contribution in [0, 0.1) is 6.92 Å². The predicted octanol–water partition coefficient (Wildman–Crippen LogP) is 5.34. The Morgan fingerprint density at radius 3 is 2.50 bits per heavy atom. The van der Waals surface area contributed by atoms with Gasteiger partial charge < -0.3 is 19.3 Å². The van der Waals surface area contributed by atoms with E-state index in [2.05, 4.69) is 25.1 Å². The van der Waals surface area contributed by atoms with Gasteiger partial charge in [-0.1, -0.05) is 6.07 Å². The summed E-state index contributed by atoms with van der Waals surface area (Å²) < 4.78 is 16.7. The second kappa shape index (κ2) is 11.0. The first-order valence-corrected chi connectivity index (χ1v) is 11.4. The standard InChI is InChI=1S/C23H25NO3S.C2H4O2/c1-15-20(11-12-27-19-9-7-16-5-4-6-17(16)13-19)24-23(28-15)18-8-10-21(25-2)22(14-18)26-3;1-2(3)4/h7-10,13-14H,4-6,11-12H2,1-3H3;1H3,(H,3,4). The van der Waals surface area contributed by atoms with Crippen molar-refractivity contribution >= 4 is 17.3 Å². The number of aryl methyl sites for hydroxylation is 3. The minimum Gasteiger partial charge on any atom is -0.493 e. The zero-order valence-electron chi connectivity index (χ0n) is 18.9. The smallest absolute Gasteiger partial charge is 0.300 e. The lowest BCUT2D eigenvalue weighted by Crippen LogP contribution is -2.03. The zero-order valence-corrected chi connectivity index (χ0v) is 19.8.